The molecule has 1 nitrogen and oxygen atoms in total. The highest BCUT2D eigenvalue weighted by atomic mass is 35.5. The molecule has 1 saturated heterocycles. The molecule has 2 unspecified atom stereocenters. The lowest BCUT2D eigenvalue weighted by molar-refractivity contribution is -0.217. The molecule has 1 rings (SSSR count). The Morgan fingerprint density at radius 2 is 1.13 bits per heavy atom. The number of halogens is 7. The first kappa shape index (κ1) is 14.8. The molecule has 0 aliphatic carbocycles. The third kappa shape index (κ3) is 4.06. The van der Waals surface area contributed by atoms with Crippen molar-refractivity contribution < 1.29 is 26.3 Å². The monoisotopic (exact) mass is 257 g/mol. The predicted octanol–water partition coefficient (Wildman–Crippen LogP) is 2.76. The van der Waals surface area contributed by atoms with Crippen LogP contribution in [0.1, 0.15) is 6.42 Å². The van der Waals surface area contributed by atoms with E-state index in [1.807, 2.05) is 0 Å². The summed E-state index contributed by atoms with van der Waals surface area (Å²) in [7, 11) is 0. The molecule has 15 heavy (non-hydrogen) atoms. The maximum atomic E-state index is 12.1. The van der Waals surface area contributed by atoms with Crippen LogP contribution in [0.15, 0.2) is 0 Å². The van der Waals surface area contributed by atoms with Gasteiger partial charge in [-0.1, -0.05) is 0 Å². The molecule has 1 heterocycles. The normalized spacial score (nSPS) is 28.4. The summed E-state index contributed by atoms with van der Waals surface area (Å²) in [6, 6.07) is 0. The van der Waals surface area contributed by atoms with Gasteiger partial charge in [0.1, 0.15) is 0 Å². The van der Waals surface area contributed by atoms with Gasteiger partial charge in [0.25, 0.3) is 0 Å². The minimum Gasteiger partial charge on any atom is -0.316 e. The van der Waals surface area contributed by atoms with Crippen LogP contribution in [0.25, 0.3) is 0 Å². The standard InChI is InChI=1S/C7H9F6N.ClH/c8-6(9,10)4-1-5(3-14-2-4)7(11,12)13;/h4-5,14H,1-3H2;1H. The van der Waals surface area contributed by atoms with E-state index >= 15 is 0 Å². The third-order valence-corrected chi connectivity index (χ3v) is 2.28. The minimum absolute atomic E-state index is 0. The smallest absolute Gasteiger partial charge is 0.316 e. The molecule has 1 aliphatic rings. The van der Waals surface area contributed by atoms with Gasteiger partial charge in [-0.05, 0) is 6.42 Å². The van der Waals surface area contributed by atoms with Crippen LogP contribution in [0.4, 0.5) is 26.3 Å². The van der Waals surface area contributed by atoms with E-state index in [0.29, 0.717) is 0 Å². The van der Waals surface area contributed by atoms with Gasteiger partial charge in [-0.3, -0.25) is 0 Å². The molecule has 1 N–H and O–H groups in total. The van der Waals surface area contributed by atoms with Gasteiger partial charge < -0.3 is 5.32 Å². The first-order valence-electron chi connectivity index (χ1n) is 4.05. The first-order chi connectivity index (χ1) is 6.21. The van der Waals surface area contributed by atoms with Crippen LogP contribution >= 0.6 is 12.4 Å². The molecule has 8 heteroatoms. The summed E-state index contributed by atoms with van der Waals surface area (Å²) in [5.74, 6) is -3.77. The second-order valence-electron chi connectivity index (χ2n) is 3.37. The molecular formula is C7H10ClF6N. The summed E-state index contributed by atoms with van der Waals surface area (Å²) in [5.41, 5.74) is 0. The number of alkyl halides is 6. The summed E-state index contributed by atoms with van der Waals surface area (Å²) in [6.07, 6.45) is -9.95. The van der Waals surface area contributed by atoms with Crippen molar-refractivity contribution in [3.8, 4) is 0 Å². The molecule has 1 fully saturated rings. The Labute approximate surface area is 88.6 Å². The third-order valence-electron chi connectivity index (χ3n) is 2.28. The van der Waals surface area contributed by atoms with E-state index in [0.717, 1.165) is 0 Å². The van der Waals surface area contributed by atoms with Gasteiger partial charge in [-0.2, -0.15) is 26.3 Å². The largest absolute Gasteiger partial charge is 0.393 e. The number of hydrogen-bond acceptors (Lipinski definition) is 1. The number of piperidine rings is 1. The molecule has 0 saturated carbocycles. The van der Waals surface area contributed by atoms with Gasteiger partial charge in [0, 0.05) is 13.1 Å². The number of nitrogens with one attached hydrogen (secondary N) is 1. The van der Waals surface area contributed by atoms with Crippen molar-refractivity contribution in [2.75, 3.05) is 13.1 Å². The van der Waals surface area contributed by atoms with E-state index in [4.69, 9.17) is 0 Å². The molecule has 0 aromatic carbocycles. The molecule has 0 aromatic rings. The number of rotatable bonds is 0. The topological polar surface area (TPSA) is 12.0 Å². The lowest BCUT2D eigenvalue weighted by Crippen LogP contribution is -2.47. The molecule has 1 aliphatic heterocycles. The Bertz CT molecular complexity index is 181. The van der Waals surface area contributed by atoms with Crippen LogP contribution in [0.5, 0.6) is 0 Å². The second-order valence-corrected chi connectivity index (χ2v) is 3.37. The average molecular weight is 258 g/mol. The van der Waals surface area contributed by atoms with E-state index in [1.165, 1.54) is 0 Å². The van der Waals surface area contributed by atoms with Crippen LogP contribution < -0.4 is 5.32 Å². The van der Waals surface area contributed by atoms with Crippen molar-refractivity contribution in [2.24, 2.45) is 11.8 Å². The predicted molar refractivity (Wildman–Crippen MR) is 43.8 cm³/mol. The molecule has 0 spiro atoms. The van der Waals surface area contributed by atoms with Crippen LogP contribution in [-0.4, -0.2) is 25.4 Å². The first-order valence-corrected chi connectivity index (χ1v) is 4.05. The van der Waals surface area contributed by atoms with E-state index in [-0.39, 0.29) is 12.4 Å². The van der Waals surface area contributed by atoms with E-state index in [9.17, 15) is 26.3 Å². The summed E-state index contributed by atoms with van der Waals surface area (Å²) >= 11 is 0. The zero-order valence-corrected chi connectivity index (χ0v) is 8.27. The Kier molecular flexibility index (Phi) is 4.72. The Morgan fingerprint density at radius 3 is 1.40 bits per heavy atom. The van der Waals surface area contributed by atoms with Crippen LogP contribution in [0.3, 0.4) is 0 Å². The molecular weight excluding hydrogens is 248 g/mol. The zero-order valence-electron chi connectivity index (χ0n) is 7.45. The van der Waals surface area contributed by atoms with Crippen molar-refractivity contribution in [3.63, 3.8) is 0 Å². The molecule has 0 aromatic heterocycles. The zero-order chi connectivity index (χ0) is 11.0. The van der Waals surface area contributed by atoms with E-state index in [2.05, 4.69) is 5.32 Å². The van der Waals surface area contributed by atoms with Gasteiger partial charge in [0.15, 0.2) is 0 Å². The molecule has 92 valence electrons. The minimum atomic E-state index is -4.54. The van der Waals surface area contributed by atoms with Gasteiger partial charge in [0.05, 0.1) is 11.8 Å². The van der Waals surface area contributed by atoms with Gasteiger partial charge in [-0.25, -0.2) is 0 Å². The quantitative estimate of drug-likeness (QED) is 0.658. The summed E-state index contributed by atoms with van der Waals surface area (Å²) in [6.45, 7) is -0.841. The Balaban J connectivity index is 0.00000196. The fourth-order valence-electron chi connectivity index (χ4n) is 1.44. The molecule has 2 atom stereocenters. The highest BCUT2D eigenvalue weighted by Crippen LogP contribution is 2.38. The fraction of sp³-hybridized carbons (Fsp3) is 1.00. The second kappa shape index (κ2) is 4.78. The highest BCUT2D eigenvalue weighted by molar-refractivity contribution is 5.85. The van der Waals surface area contributed by atoms with Crippen LogP contribution in [0, 0.1) is 11.8 Å². The van der Waals surface area contributed by atoms with E-state index < -0.39 is 43.7 Å². The Hall–Kier alpha value is -0.170. The molecule has 0 amide bonds. The van der Waals surface area contributed by atoms with Crippen LogP contribution in [-0.2, 0) is 0 Å². The van der Waals surface area contributed by atoms with Crippen molar-refractivity contribution >= 4 is 12.4 Å². The fourth-order valence-corrected chi connectivity index (χ4v) is 1.44. The van der Waals surface area contributed by atoms with Gasteiger partial charge in [0.2, 0.25) is 0 Å². The molecule has 0 radical (unpaired) electrons. The maximum absolute atomic E-state index is 12.1. The van der Waals surface area contributed by atoms with Crippen LogP contribution in [0.2, 0.25) is 0 Å². The summed E-state index contributed by atoms with van der Waals surface area (Å²) in [5, 5.41) is 2.16. The average Bonchev–Trinajstić information content (AvgIpc) is 2.01. The molecule has 0 bridgehead atoms. The van der Waals surface area contributed by atoms with Crippen molar-refractivity contribution in [3.05, 3.63) is 0 Å². The summed E-state index contributed by atoms with van der Waals surface area (Å²) in [4.78, 5) is 0. The maximum Gasteiger partial charge on any atom is 0.393 e. The lowest BCUT2D eigenvalue weighted by atomic mass is 9.90. The lowest BCUT2D eigenvalue weighted by Gasteiger charge is -2.32. The van der Waals surface area contributed by atoms with Crippen molar-refractivity contribution in [1.29, 1.82) is 0 Å². The number of hydrogen-bond donors (Lipinski definition) is 1. The Morgan fingerprint density at radius 1 is 0.800 bits per heavy atom. The van der Waals surface area contributed by atoms with Gasteiger partial charge in [-0.15, -0.1) is 12.4 Å². The van der Waals surface area contributed by atoms with Crippen molar-refractivity contribution in [1.82, 2.24) is 5.32 Å². The van der Waals surface area contributed by atoms with Crippen molar-refractivity contribution in [2.45, 2.75) is 18.8 Å². The van der Waals surface area contributed by atoms with E-state index in [1.54, 1.807) is 0 Å². The van der Waals surface area contributed by atoms with Gasteiger partial charge >= 0.3 is 12.4 Å². The highest BCUT2D eigenvalue weighted by Gasteiger charge is 2.49. The summed E-state index contributed by atoms with van der Waals surface area (Å²) < 4.78 is 72.6. The SMILES string of the molecule is Cl.FC(F)(F)C1CNCC(C(F)(F)F)C1.